The first kappa shape index (κ1) is 15.7. The molecule has 5 nitrogen and oxygen atoms in total. The molecule has 2 aromatic carbocycles. The molecule has 0 saturated carbocycles. The molecule has 0 bridgehead atoms. The third-order valence-electron chi connectivity index (χ3n) is 4.84. The van der Waals surface area contributed by atoms with E-state index in [0.29, 0.717) is 12.3 Å². The molecular formula is C20H20N2O3. The maximum atomic E-state index is 12.4. The molecule has 128 valence electrons. The number of hydrogen-bond acceptors (Lipinski definition) is 3. The number of benzene rings is 2. The number of aryl methyl sites for hydroxylation is 1. The fourth-order valence-electron chi connectivity index (χ4n) is 3.59. The second-order valence-electron chi connectivity index (χ2n) is 6.41. The van der Waals surface area contributed by atoms with Crippen LogP contribution in [-0.2, 0) is 16.0 Å². The maximum absolute atomic E-state index is 12.4. The molecule has 0 fully saturated rings. The van der Waals surface area contributed by atoms with Crippen molar-refractivity contribution in [2.24, 2.45) is 0 Å². The number of fused-ring (bicyclic) bond motifs is 2. The van der Waals surface area contributed by atoms with Crippen LogP contribution < -0.4 is 15.0 Å². The lowest BCUT2D eigenvalue weighted by Crippen LogP contribution is -2.41. The predicted molar refractivity (Wildman–Crippen MR) is 94.6 cm³/mol. The Morgan fingerprint density at radius 1 is 1.16 bits per heavy atom. The minimum absolute atomic E-state index is 0.0225. The van der Waals surface area contributed by atoms with Crippen molar-refractivity contribution in [2.45, 2.75) is 25.3 Å². The monoisotopic (exact) mass is 336 g/mol. The van der Waals surface area contributed by atoms with Crippen LogP contribution >= 0.6 is 0 Å². The molecule has 5 heteroatoms. The van der Waals surface area contributed by atoms with Crippen molar-refractivity contribution >= 4 is 17.5 Å². The number of nitrogens with one attached hydrogen (secondary N) is 1. The van der Waals surface area contributed by atoms with Gasteiger partial charge in [0.1, 0.15) is 5.75 Å². The molecule has 1 aliphatic heterocycles. The highest BCUT2D eigenvalue weighted by molar-refractivity contribution is 5.98. The summed E-state index contributed by atoms with van der Waals surface area (Å²) in [6.07, 6.45) is 2.21. The van der Waals surface area contributed by atoms with Crippen LogP contribution in [0.15, 0.2) is 48.5 Å². The SMILES string of the molecule is O=C(CCN1C(=O)COc2ccccc21)NC1CCc2ccccc21. The third kappa shape index (κ3) is 3.09. The van der Waals surface area contributed by atoms with Crippen molar-refractivity contribution in [3.63, 3.8) is 0 Å². The topological polar surface area (TPSA) is 58.6 Å². The van der Waals surface area contributed by atoms with E-state index in [2.05, 4.69) is 17.4 Å². The van der Waals surface area contributed by atoms with Crippen molar-refractivity contribution in [1.29, 1.82) is 0 Å². The second kappa shape index (κ2) is 6.59. The molecule has 1 atom stereocenters. The minimum Gasteiger partial charge on any atom is -0.482 e. The first-order valence-electron chi connectivity index (χ1n) is 8.62. The highest BCUT2D eigenvalue weighted by Crippen LogP contribution is 2.32. The van der Waals surface area contributed by atoms with E-state index in [4.69, 9.17) is 4.74 Å². The standard InChI is InChI=1S/C20H20N2O3/c23-19(21-16-10-9-14-5-1-2-6-15(14)16)11-12-22-17-7-3-4-8-18(17)25-13-20(22)24/h1-8,16H,9-13H2,(H,21,23). The number of rotatable bonds is 4. The predicted octanol–water partition coefficient (Wildman–Crippen LogP) is 2.61. The number of anilines is 1. The molecule has 0 saturated heterocycles. The van der Waals surface area contributed by atoms with Crippen LogP contribution in [0.3, 0.4) is 0 Å². The van der Waals surface area contributed by atoms with E-state index >= 15 is 0 Å². The average molecular weight is 336 g/mol. The van der Waals surface area contributed by atoms with Crippen molar-refractivity contribution in [1.82, 2.24) is 5.32 Å². The summed E-state index contributed by atoms with van der Waals surface area (Å²) >= 11 is 0. The lowest BCUT2D eigenvalue weighted by Gasteiger charge is -2.29. The van der Waals surface area contributed by atoms with E-state index in [1.54, 1.807) is 4.90 Å². The lowest BCUT2D eigenvalue weighted by atomic mass is 10.1. The molecule has 2 amide bonds. The summed E-state index contributed by atoms with van der Waals surface area (Å²) < 4.78 is 5.43. The lowest BCUT2D eigenvalue weighted by molar-refractivity contribution is -0.122. The maximum Gasteiger partial charge on any atom is 0.265 e. The first-order chi connectivity index (χ1) is 12.2. The molecule has 1 unspecified atom stereocenters. The van der Waals surface area contributed by atoms with E-state index in [1.165, 1.54) is 11.1 Å². The van der Waals surface area contributed by atoms with Crippen LogP contribution in [0, 0.1) is 0 Å². The molecule has 0 aromatic heterocycles. The van der Waals surface area contributed by atoms with Crippen LogP contribution in [0.5, 0.6) is 5.75 Å². The molecule has 0 spiro atoms. The van der Waals surface area contributed by atoms with Gasteiger partial charge in [-0.1, -0.05) is 36.4 Å². The highest BCUT2D eigenvalue weighted by atomic mass is 16.5. The number of para-hydroxylation sites is 2. The molecule has 1 aliphatic carbocycles. The van der Waals surface area contributed by atoms with Crippen LogP contribution in [0.4, 0.5) is 5.69 Å². The molecule has 0 radical (unpaired) electrons. The highest BCUT2D eigenvalue weighted by Gasteiger charge is 2.27. The quantitative estimate of drug-likeness (QED) is 0.934. The zero-order valence-electron chi connectivity index (χ0n) is 13.9. The molecule has 2 aliphatic rings. The van der Waals surface area contributed by atoms with Crippen LogP contribution in [-0.4, -0.2) is 25.0 Å². The zero-order valence-corrected chi connectivity index (χ0v) is 13.9. The molecule has 2 aromatic rings. The summed E-state index contributed by atoms with van der Waals surface area (Å²) in [6.45, 7) is 0.383. The Labute approximate surface area is 146 Å². The number of ether oxygens (including phenoxy) is 1. The van der Waals surface area contributed by atoms with Gasteiger partial charge in [-0.2, -0.15) is 0 Å². The smallest absolute Gasteiger partial charge is 0.265 e. The zero-order chi connectivity index (χ0) is 17.2. The van der Waals surface area contributed by atoms with Crippen LogP contribution in [0.2, 0.25) is 0 Å². The largest absolute Gasteiger partial charge is 0.482 e. The number of carbonyl (C=O) groups excluding carboxylic acids is 2. The normalized spacial score (nSPS) is 18.3. The Kier molecular flexibility index (Phi) is 4.14. The van der Waals surface area contributed by atoms with Gasteiger partial charge in [0.15, 0.2) is 6.61 Å². The molecule has 1 N–H and O–H groups in total. The van der Waals surface area contributed by atoms with Crippen molar-refractivity contribution in [2.75, 3.05) is 18.1 Å². The fraction of sp³-hybridized carbons (Fsp3) is 0.300. The Morgan fingerprint density at radius 3 is 2.88 bits per heavy atom. The fourth-order valence-corrected chi connectivity index (χ4v) is 3.59. The van der Waals surface area contributed by atoms with Crippen molar-refractivity contribution < 1.29 is 14.3 Å². The van der Waals surface area contributed by atoms with Gasteiger partial charge in [-0.05, 0) is 36.1 Å². The first-order valence-corrected chi connectivity index (χ1v) is 8.62. The molecule has 4 rings (SSSR count). The number of nitrogens with zero attached hydrogens (tertiary/aromatic N) is 1. The van der Waals surface area contributed by atoms with E-state index in [0.717, 1.165) is 18.5 Å². The van der Waals surface area contributed by atoms with E-state index in [9.17, 15) is 9.59 Å². The van der Waals surface area contributed by atoms with Gasteiger partial charge in [-0.25, -0.2) is 0 Å². The number of hydrogen-bond donors (Lipinski definition) is 1. The summed E-state index contributed by atoms with van der Waals surface area (Å²) in [5, 5.41) is 3.11. The van der Waals surface area contributed by atoms with Gasteiger partial charge < -0.3 is 15.0 Å². The second-order valence-corrected chi connectivity index (χ2v) is 6.41. The minimum atomic E-state index is -0.113. The Morgan fingerprint density at radius 2 is 1.96 bits per heavy atom. The Bertz CT molecular complexity index is 818. The number of carbonyl (C=O) groups is 2. The summed E-state index contributed by atoms with van der Waals surface area (Å²) in [5.74, 6) is 0.545. The van der Waals surface area contributed by atoms with Gasteiger partial charge in [0.25, 0.3) is 5.91 Å². The van der Waals surface area contributed by atoms with E-state index < -0.39 is 0 Å². The van der Waals surface area contributed by atoms with Gasteiger partial charge in [0.2, 0.25) is 5.91 Å². The van der Waals surface area contributed by atoms with Gasteiger partial charge in [0.05, 0.1) is 11.7 Å². The summed E-state index contributed by atoms with van der Waals surface area (Å²) in [6, 6.07) is 15.7. The summed E-state index contributed by atoms with van der Waals surface area (Å²) in [5.41, 5.74) is 3.26. The van der Waals surface area contributed by atoms with E-state index in [1.807, 2.05) is 36.4 Å². The van der Waals surface area contributed by atoms with Gasteiger partial charge >= 0.3 is 0 Å². The third-order valence-corrected chi connectivity index (χ3v) is 4.84. The van der Waals surface area contributed by atoms with E-state index in [-0.39, 0.29) is 30.9 Å². The molecule has 25 heavy (non-hydrogen) atoms. The van der Waals surface area contributed by atoms with Crippen molar-refractivity contribution in [3.05, 3.63) is 59.7 Å². The Hall–Kier alpha value is -2.82. The Balaban J connectivity index is 1.39. The number of amides is 2. The molecule has 1 heterocycles. The van der Waals surface area contributed by atoms with Crippen LogP contribution in [0.25, 0.3) is 0 Å². The summed E-state index contributed by atoms with van der Waals surface area (Å²) in [4.78, 5) is 26.2. The van der Waals surface area contributed by atoms with Crippen LogP contribution in [0.1, 0.15) is 30.0 Å². The van der Waals surface area contributed by atoms with Gasteiger partial charge in [-0.15, -0.1) is 0 Å². The van der Waals surface area contributed by atoms with Gasteiger partial charge in [-0.3, -0.25) is 9.59 Å². The molecular weight excluding hydrogens is 316 g/mol. The van der Waals surface area contributed by atoms with Gasteiger partial charge in [0, 0.05) is 13.0 Å². The summed E-state index contributed by atoms with van der Waals surface area (Å²) in [7, 11) is 0. The van der Waals surface area contributed by atoms with Crippen molar-refractivity contribution in [3.8, 4) is 5.75 Å². The average Bonchev–Trinajstić information content (AvgIpc) is 3.04.